The molecule has 1 aromatic heterocycles. The Labute approximate surface area is 144 Å². The third-order valence-corrected chi connectivity index (χ3v) is 3.65. The summed E-state index contributed by atoms with van der Waals surface area (Å²) in [5, 5.41) is 0.874. The Morgan fingerprint density at radius 1 is 1.30 bits per heavy atom. The standard InChI is InChI=1S/C16H17Cl2NO4/c1-21-7-5-19(9-12-4-6-22-10-12)16(20)11-23-15-3-2-13(17)8-14(15)18/h2-4,6,8,10H,5,7,9,11H2,1H3. The van der Waals surface area contributed by atoms with Gasteiger partial charge in [0.1, 0.15) is 5.75 Å². The summed E-state index contributed by atoms with van der Waals surface area (Å²) in [5.41, 5.74) is 0.902. The van der Waals surface area contributed by atoms with Crippen molar-refractivity contribution in [1.29, 1.82) is 0 Å². The average molecular weight is 358 g/mol. The summed E-state index contributed by atoms with van der Waals surface area (Å²) in [6, 6.07) is 6.66. The van der Waals surface area contributed by atoms with Crippen LogP contribution < -0.4 is 4.74 Å². The molecule has 1 aromatic carbocycles. The quantitative estimate of drug-likeness (QED) is 0.723. The van der Waals surface area contributed by atoms with Gasteiger partial charge in [-0.2, -0.15) is 0 Å². The lowest BCUT2D eigenvalue weighted by atomic mass is 10.3. The average Bonchev–Trinajstić information content (AvgIpc) is 3.03. The maximum atomic E-state index is 12.4. The van der Waals surface area contributed by atoms with Gasteiger partial charge in [0.25, 0.3) is 5.91 Å². The third-order valence-electron chi connectivity index (χ3n) is 3.12. The van der Waals surface area contributed by atoms with Gasteiger partial charge in [-0.3, -0.25) is 4.79 Å². The topological polar surface area (TPSA) is 51.9 Å². The SMILES string of the molecule is COCCN(Cc1ccoc1)C(=O)COc1ccc(Cl)cc1Cl. The molecule has 0 aliphatic rings. The Kier molecular flexibility index (Phi) is 6.77. The lowest BCUT2D eigenvalue weighted by Crippen LogP contribution is -2.36. The molecular formula is C16H17Cl2NO4. The van der Waals surface area contributed by atoms with Crippen LogP contribution in [0.25, 0.3) is 0 Å². The minimum Gasteiger partial charge on any atom is -0.482 e. The maximum Gasteiger partial charge on any atom is 0.260 e. The van der Waals surface area contributed by atoms with Gasteiger partial charge in [-0.25, -0.2) is 0 Å². The molecule has 5 nitrogen and oxygen atoms in total. The van der Waals surface area contributed by atoms with Gasteiger partial charge >= 0.3 is 0 Å². The second-order valence-corrected chi connectivity index (χ2v) is 5.65. The van der Waals surface area contributed by atoms with Gasteiger partial charge in [0.05, 0.1) is 24.2 Å². The number of carbonyl (C=O) groups excluding carboxylic acids is 1. The van der Waals surface area contributed by atoms with Crippen LogP contribution in [-0.2, 0) is 16.1 Å². The lowest BCUT2D eigenvalue weighted by molar-refractivity contribution is -0.134. The molecule has 7 heteroatoms. The summed E-state index contributed by atoms with van der Waals surface area (Å²) in [4.78, 5) is 14.0. The fourth-order valence-corrected chi connectivity index (χ4v) is 2.38. The highest BCUT2D eigenvalue weighted by Crippen LogP contribution is 2.27. The van der Waals surface area contributed by atoms with E-state index < -0.39 is 0 Å². The van der Waals surface area contributed by atoms with Crippen molar-refractivity contribution in [1.82, 2.24) is 4.90 Å². The van der Waals surface area contributed by atoms with Crippen LogP contribution in [-0.4, -0.2) is 37.7 Å². The Bertz CT molecular complexity index is 631. The van der Waals surface area contributed by atoms with Crippen molar-refractivity contribution >= 4 is 29.1 Å². The first-order valence-electron chi connectivity index (χ1n) is 6.96. The lowest BCUT2D eigenvalue weighted by Gasteiger charge is -2.22. The number of hydrogen-bond donors (Lipinski definition) is 0. The molecule has 0 aliphatic carbocycles. The van der Waals surface area contributed by atoms with E-state index in [1.165, 1.54) is 0 Å². The molecule has 0 saturated carbocycles. The monoisotopic (exact) mass is 357 g/mol. The van der Waals surface area contributed by atoms with Crippen molar-refractivity contribution < 1.29 is 18.7 Å². The number of ether oxygens (including phenoxy) is 2. The first kappa shape index (κ1) is 17.7. The molecule has 2 rings (SSSR count). The first-order chi connectivity index (χ1) is 11.1. The molecule has 23 heavy (non-hydrogen) atoms. The summed E-state index contributed by atoms with van der Waals surface area (Å²) in [6.45, 7) is 1.20. The molecule has 0 unspecified atom stereocenters. The van der Waals surface area contributed by atoms with Crippen molar-refractivity contribution in [3.63, 3.8) is 0 Å². The number of rotatable bonds is 8. The van der Waals surface area contributed by atoms with Crippen LogP contribution in [0.1, 0.15) is 5.56 Å². The van der Waals surface area contributed by atoms with Crippen LogP contribution in [0.3, 0.4) is 0 Å². The molecule has 2 aromatic rings. The largest absolute Gasteiger partial charge is 0.482 e. The molecule has 0 fully saturated rings. The molecule has 0 saturated heterocycles. The predicted molar refractivity (Wildman–Crippen MR) is 88.0 cm³/mol. The molecule has 0 spiro atoms. The van der Waals surface area contributed by atoms with Crippen LogP contribution in [0.15, 0.2) is 41.2 Å². The smallest absolute Gasteiger partial charge is 0.260 e. The number of carbonyl (C=O) groups is 1. The van der Waals surface area contributed by atoms with E-state index in [-0.39, 0.29) is 12.5 Å². The number of halogens is 2. The predicted octanol–water partition coefficient (Wildman–Crippen LogP) is 3.64. The van der Waals surface area contributed by atoms with Crippen molar-refractivity contribution in [2.24, 2.45) is 0 Å². The van der Waals surface area contributed by atoms with Gasteiger partial charge in [-0.05, 0) is 24.3 Å². The highest BCUT2D eigenvalue weighted by molar-refractivity contribution is 6.35. The zero-order valence-electron chi connectivity index (χ0n) is 12.6. The van der Waals surface area contributed by atoms with E-state index in [2.05, 4.69) is 0 Å². The summed E-state index contributed by atoms with van der Waals surface area (Å²) < 4.78 is 15.6. The van der Waals surface area contributed by atoms with E-state index >= 15 is 0 Å². The Morgan fingerprint density at radius 3 is 2.78 bits per heavy atom. The van der Waals surface area contributed by atoms with E-state index in [0.717, 1.165) is 5.56 Å². The Balaban J connectivity index is 1.96. The molecule has 124 valence electrons. The summed E-state index contributed by atoms with van der Waals surface area (Å²) in [5.74, 6) is 0.244. The van der Waals surface area contributed by atoms with Gasteiger partial charge in [-0.1, -0.05) is 23.2 Å². The highest BCUT2D eigenvalue weighted by Gasteiger charge is 2.16. The molecule has 0 N–H and O–H groups in total. The van der Waals surface area contributed by atoms with Gasteiger partial charge in [0.15, 0.2) is 6.61 Å². The van der Waals surface area contributed by atoms with Gasteiger partial charge in [0, 0.05) is 30.8 Å². The number of hydrogen-bond acceptors (Lipinski definition) is 4. The van der Waals surface area contributed by atoms with Crippen LogP contribution >= 0.6 is 23.2 Å². The molecule has 0 bridgehead atoms. The Morgan fingerprint density at radius 2 is 2.13 bits per heavy atom. The van der Waals surface area contributed by atoms with Gasteiger partial charge in [0.2, 0.25) is 0 Å². The number of furan rings is 1. The maximum absolute atomic E-state index is 12.4. The van der Waals surface area contributed by atoms with Crippen LogP contribution in [0, 0.1) is 0 Å². The van der Waals surface area contributed by atoms with Gasteiger partial charge in [-0.15, -0.1) is 0 Å². The van der Waals surface area contributed by atoms with Crippen molar-refractivity contribution in [2.75, 3.05) is 26.9 Å². The van der Waals surface area contributed by atoms with Crippen LogP contribution in [0.4, 0.5) is 0 Å². The second-order valence-electron chi connectivity index (χ2n) is 4.80. The van der Waals surface area contributed by atoms with Crippen molar-refractivity contribution in [3.05, 3.63) is 52.4 Å². The third kappa shape index (κ3) is 5.46. The number of amides is 1. The van der Waals surface area contributed by atoms with Crippen molar-refractivity contribution in [2.45, 2.75) is 6.54 Å². The molecule has 1 amide bonds. The molecule has 0 radical (unpaired) electrons. The van der Waals surface area contributed by atoms with E-state index in [9.17, 15) is 4.79 Å². The first-order valence-corrected chi connectivity index (χ1v) is 7.71. The van der Waals surface area contributed by atoms with Gasteiger partial charge < -0.3 is 18.8 Å². The number of nitrogens with zero attached hydrogens (tertiary/aromatic N) is 1. The normalized spacial score (nSPS) is 10.6. The molecule has 0 aliphatic heterocycles. The van der Waals surface area contributed by atoms with E-state index in [0.29, 0.717) is 35.5 Å². The second kappa shape index (κ2) is 8.82. The molecular weight excluding hydrogens is 341 g/mol. The van der Waals surface area contributed by atoms with Crippen LogP contribution in [0.2, 0.25) is 10.0 Å². The van der Waals surface area contributed by atoms with Crippen LogP contribution in [0.5, 0.6) is 5.75 Å². The number of methoxy groups -OCH3 is 1. The summed E-state index contributed by atoms with van der Waals surface area (Å²) >= 11 is 11.9. The van der Waals surface area contributed by atoms with E-state index in [1.54, 1.807) is 42.7 Å². The van der Waals surface area contributed by atoms with Crippen molar-refractivity contribution in [3.8, 4) is 5.75 Å². The van der Waals surface area contributed by atoms with E-state index in [4.69, 9.17) is 37.1 Å². The minimum absolute atomic E-state index is 0.122. The molecule has 1 heterocycles. The highest BCUT2D eigenvalue weighted by atomic mass is 35.5. The van der Waals surface area contributed by atoms with E-state index in [1.807, 2.05) is 6.07 Å². The summed E-state index contributed by atoms with van der Waals surface area (Å²) in [6.07, 6.45) is 3.17. The summed E-state index contributed by atoms with van der Waals surface area (Å²) in [7, 11) is 1.59. The minimum atomic E-state index is -0.172. The Hall–Kier alpha value is -1.69. The number of benzene rings is 1. The molecule has 0 atom stereocenters. The zero-order chi connectivity index (χ0) is 16.7. The fourth-order valence-electron chi connectivity index (χ4n) is 1.92. The fraction of sp³-hybridized carbons (Fsp3) is 0.312. The zero-order valence-corrected chi connectivity index (χ0v) is 14.1.